The summed E-state index contributed by atoms with van der Waals surface area (Å²) in [7, 11) is 1.59. The molecule has 0 fully saturated rings. The van der Waals surface area contributed by atoms with Gasteiger partial charge in [0.2, 0.25) is 5.91 Å². The number of likely N-dealkylation sites (N-methyl/N-ethyl adjacent to an activating group) is 1. The van der Waals surface area contributed by atoms with E-state index in [1.54, 1.807) is 7.05 Å². The molecular formula is C21H26N2O3. The van der Waals surface area contributed by atoms with Gasteiger partial charge in [-0.3, -0.25) is 9.59 Å². The predicted octanol–water partition coefficient (Wildman–Crippen LogP) is 3.40. The van der Waals surface area contributed by atoms with E-state index in [-0.39, 0.29) is 25.0 Å². The van der Waals surface area contributed by atoms with Gasteiger partial charge in [-0.25, -0.2) is 0 Å². The van der Waals surface area contributed by atoms with Crippen molar-refractivity contribution in [1.82, 2.24) is 4.90 Å². The first-order valence-electron chi connectivity index (χ1n) is 8.58. The van der Waals surface area contributed by atoms with Crippen LogP contribution in [-0.4, -0.2) is 36.9 Å². The molecule has 138 valence electrons. The van der Waals surface area contributed by atoms with Crippen LogP contribution in [-0.2, 0) is 9.59 Å². The van der Waals surface area contributed by atoms with E-state index in [0.717, 1.165) is 22.4 Å². The first kappa shape index (κ1) is 19.5. The zero-order valence-corrected chi connectivity index (χ0v) is 16.1. The van der Waals surface area contributed by atoms with Crippen LogP contribution in [0.25, 0.3) is 0 Å². The molecule has 0 bridgehead atoms. The van der Waals surface area contributed by atoms with Gasteiger partial charge in [0.25, 0.3) is 5.91 Å². The maximum Gasteiger partial charge on any atom is 0.260 e. The Morgan fingerprint density at radius 1 is 0.962 bits per heavy atom. The van der Waals surface area contributed by atoms with Crippen LogP contribution in [0.3, 0.4) is 0 Å². The molecule has 5 nitrogen and oxygen atoms in total. The normalized spacial score (nSPS) is 10.3. The lowest BCUT2D eigenvalue weighted by Gasteiger charge is -2.18. The van der Waals surface area contributed by atoms with E-state index in [2.05, 4.69) is 5.32 Å². The summed E-state index contributed by atoms with van der Waals surface area (Å²) in [6, 6.07) is 11.5. The summed E-state index contributed by atoms with van der Waals surface area (Å²) < 4.78 is 5.54. The molecule has 26 heavy (non-hydrogen) atoms. The molecule has 0 aliphatic carbocycles. The number of hydrogen-bond donors (Lipinski definition) is 1. The van der Waals surface area contributed by atoms with Crippen molar-refractivity contribution >= 4 is 17.5 Å². The number of anilines is 1. The second-order valence-corrected chi connectivity index (χ2v) is 6.60. The van der Waals surface area contributed by atoms with Gasteiger partial charge in [0.05, 0.1) is 6.54 Å². The summed E-state index contributed by atoms with van der Waals surface area (Å²) in [5, 5.41) is 2.88. The van der Waals surface area contributed by atoms with Crippen LogP contribution in [0.4, 0.5) is 5.69 Å². The maximum atomic E-state index is 12.2. The molecule has 2 amide bonds. The van der Waals surface area contributed by atoms with Gasteiger partial charge >= 0.3 is 0 Å². The standard InChI is InChI=1S/C21H26N2O3/c1-14-9-10-18(11-17(14)4)26-13-20(25)23(5)12-19(24)22-21-15(2)7-6-8-16(21)3/h6-11H,12-13H2,1-5H3,(H,22,24). The van der Waals surface area contributed by atoms with Gasteiger partial charge in [0.1, 0.15) is 5.75 Å². The highest BCUT2D eigenvalue weighted by Crippen LogP contribution is 2.19. The average Bonchev–Trinajstić information content (AvgIpc) is 2.59. The van der Waals surface area contributed by atoms with Gasteiger partial charge in [-0.1, -0.05) is 24.3 Å². The Morgan fingerprint density at radius 2 is 1.62 bits per heavy atom. The number of carbonyl (C=O) groups excluding carboxylic acids is 2. The number of nitrogens with one attached hydrogen (secondary N) is 1. The molecule has 1 N–H and O–H groups in total. The molecule has 0 spiro atoms. The van der Waals surface area contributed by atoms with Crippen molar-refractivity contribution in [2.75, 3.05) is 25.5 Å². The summed E-state index contributed by atoms with van der Waals surface area (Å²) in [6.45, 7) is 7.77. The maximum absolute atomic E-state index is 12.2. The van der Waals surface area contributed by atoms with Gasteiger partial charge in [-0.05, 0) is 62.1 Å². The topological polar surface area (TPSA) is 58.6 Å². The third-order valence-electron chi connectivity index (χ3n) is 4.39. The van der Waals surface area contributed by atoms with Gasteiger partial charge in [0, 0.05) is 12.7 Å². The minimum absolute atomic E-state index is 0.0249. The number of carbonyl (C=O) groups is 2. The van der Waals surface area contributed by atoms with Crippen LogP contribution in [0, 0.1) is 27.7 Å². The van der Waals surface area contributed by atoms with E-state index < -0.39 is 0 Å². The number of hydrogen-bond acceptors (Lipinski definition) is 3. The van der Waals surface area contributed by atoms with E-state index in [4.69, 9.17) is 4.74 Å². The van der Waals surface area contributed by atoms with Crippen molar-refractivity contribution < 1.29 is 14.3 Å². The summed E-state index contributed by atoms with van der Waals surface area (Å²) in [6.07, 6.45) is 0. The molecule has 0 radical (unpaired) electrons. The largest absolute Gasteiger partial charge is 0.484 e. The number of nitrogens with zero attached hydrogens (tertiary/aromatic N) is 1. The highest BCUT2D eigenvalue weighted by molar-refractivity contribution is 5.95. The minimum atomic E-state index is -0.250. The highest BCUT2D eigenvalue weighted by atomic mass is 16.5. The number of rotatable bonds is 6. The van der Waals surface area contributed by atoms with Gasteiger partial charge in [0.15, 0.2) is 6.61 Å². The average molecular weight is 354 g/mol. The Bertz CT molecular complexity index is 795. The van der Waals surface area contributed by atoms with Crippen LogP contribution >= 0.6 is 0 Å². The summed E-state index contributed by atoms with van der Waals surface area (Å²) in [5.74, 6) is 0.166. The van der Waals surface area contributed by atoms with Gasteiger partial charge in [-0.15, -0.1) is 0 Å². The molecule has 0 aliphatic heterocycles. The Labute approximate surface area is 155 Å². The summed E-state index contributed by atoms with van der Waals surface area (Å²) in [4.78, 5) is 25.8. The summed E-state index contributed by atoms with van der Waals surface area (Å²) in [5.41, 5.74) is 5.06. The van der Waals surface area contributed by atoms with Crippen molar-refractivity contribution in [1.29, 1.82) is 0 Å². The molecule has 0 saturated heterocycles. The van der Waals surface area contributed by atoms with Crippen LogP contribution < -0.4 is 10.1 Å². The van der Waals surface area contributed by atoms with E-state index >= 15 is 0 Å². The third-order valence-corrected chi connectivity index (χ3v) is 4.39. The lowest BCUT2D eigenvalue weighted by Crippen LogP contribution is -2.37. The number of para-hydroxylation sites is 1. The van der Waals surface area contributed by atoms with E-state index in [1.165, 1.54) is 10.5 Å². The Morgan fingerprint density at radius 3 is 2.23 bits per heavy atom. The number of ether oxygens (including phenoxy) is 1. The second-order valence-electron chi connectivity index (χ2n) is 6.60. The Hall–Kier alpha value is -2.82. The molecule has 2 rings (SSSR count). The van der Waals surface area contributed by atoms with E-state index in [1.807, 2.05) is 64.1 Å². The lowest BCUT2D eigenvalue weighted by molar-refractivity contribution is -0.135. The van der Waals surface area contributed by atoms with E-state index in [9.17, 15) is 9.59 Å². The van der Waals surface area contributed by atoms with Crippen LogP contribution in [0.5, 0.6) is 5.75 Å². The van der Waals surface area contributed by atoms with Crippen LogP contribution in [0.1, 0.15) is 22.3 Å². The molecule has 0 unspecified atom stereocenters. The number of amides is 2. The van der Waals surface area contributed by atoms with Crippen molar-refractivity contribution in [3.05, 3.63) is 58.7 Å². The fourth-order valence-electron chi connectivity index (χ4n) is 2.55. The van der Waals surface area contributed by atoms with Crippen LogP contribution in [0.2, 0.25) is 0 Å². The molecule has 2 aromatic rings. The monoisotopic (exact) mass is 354 g/mol. The summed E-state index contributed by atoms with van der Waals surface area (Å²) >= 11 is 0. The molecule has 0 heterocycles. The first-order valence-corrected chi connectivity index (χ1v) is 8.58. The fraction of sp³-hybridized carbons (Fsp3) is 0.333. The fourth-order valence-corrected chi connectivity index (χ4v) is 2.55. The van der Waals surface area contributed by atoms with E-state index in [0.29, 0.717) is 5.75 Å². The molecule has 2 aromatic carbocycles. The third kappa shape index (κ3) is 5.09. The highest BCUT2D eigenvalue weighted by Gasteiger charge is 2.15. The molecule has 0 aliphatic rings. The Kier molecular flexibility index (Phi) is 6.39. The number of benzene rings is 2. The SMILES string of the molecule is Cc1ccc(OCC(=O)N(C)CC(=O)Nc2c(C)cccc2C)cc1C. The molecule has 0 aromatic heterocycles. The minimum Gasteiger partial charge on any atom is -0.484 e. The number of aryl methyl sites for hydroxylation is 4. The van der Waals surface area contributed by atoms with Crippen molar-refractivity contribution in [3.63, 3.8) is 0 Å². The Balaban J connectivity index is 1.88. The van der Waals surface area contributed by atoms with Crippen LogP contribution in [0.15, 0.2) is 36.4 Å². The first-order chi connectivity index (χ1) is 12.3. The zero-order valence-electron chi connectivity index (χ0n) is 16.1. The second kappa shape index (κ2) is 8.52. The predicted molar refractivity (Wildman–Crippen MR) is 104 cm³/mol. The molecule has 5 heteroatoms. The van der Waals surface area contributed by atoms with Crippen molar-refractivity contribution in [3.8, 4) is 5.75 Å². The molecule has 0 atom stereocenters. The molecular weight excluding hydrogens is 328 g/mol. The zero-order chi connectivity index (χ0) is 19.3. The molecule has 0 saturated carbocycles. The van der Waals surface area contributed by atoms with Crippen molar-refractivity contribution in [2.45, 2.75) is 27.7 Å². The van der Waals surface area contributed by atoms with Crippen molar-refractivity contribution in [2.24, 2.45) is 0 Å². The van der Waals surface area contributed by atoms with Gasteiger partial charge < -0.3 is 15.0 Å². The van der Waals surface area contributed by atoms with Gasteiger partial charge in [-0.2, -0.15) is 0 Å². The lowest BCUT2D eigenvalue weighted by atomic mass is 10.1. The quantitative estimate of drug-likeness (QED) is 0.865. The smallest absolute Gasteiger partial charge is 0.260 e.